The van der Waals surface area contributed by atoms with E-state index in [0.717, 1.165) is 4.47 Å². The maximum Gasteiger partial charge on any atom is 0.326 e. The second kappa shape index (κ2) is 6.13. The van der Waals surface area contributed by atoms with Crippen LogP contribution in [0.15, 0.2) is 57.9 Å². The third-order valence-electron chi connectivity index (χ3n) is 4.38. The Morgan fingerprint density at radius 3 is 2.20 bits per heavy atom. The highest BCUT2D eigenvalue weighted by atomic mass is 79.9. The SMILES string of the molecule is N#C[C@@]1(C(=O)O)[C@@H](c2ccc(Br)cc2)[C@@H]1S(=O)(=O)c1ccc(Cl)cc1. The molecule has 0 saturated heterocycles. The Morgan fingerprint density at radius 1 is 1.16 bits per heavy atom. The molecule has 0 spiro atoms. The molecule has 25 heavy (non-hydrogen) atoms. The van der Waals surface area contributed by atoms with Crippen molar-refractivity contribution in [3.63, 3.8) is 0 Å². The van der Waals surface area contributed by atoms with Crippen LogP contribution in [0.25, 0.3) is 0 Å². The molecule has 8 heteroatoms. The average Bonchev–Trinajstić information content (AvgIpc) is 3.27. The van der Waals surface area contributed by atoms with Crippen LogP contribution in [0, 0.1) is 16.7 Å². The second-order valence-electron chi connectivity index (χ2n) is 5.73. The Morgan fingerprint density at radius 2 is 1.72 bits per heavy atom. The number of sulfone groups is 1. The first-order chi connectivity index (χ1) is 11.7. The predicted octanol–water partition coefficient (Wildman–Crippen LogP) is 3.64. The molecule has 1 aliphatic rings. The van der Waals surface area contributed by atoms with Gasteiger partial charge < -0.3 is 5.11 Å². The van der Waals surface area contributed by atoms with Gasteiger partial charge in [-0.2, -0.15) is 5.26 Å². The molecule has 0 unspecified atom stereocenters. The van der Waals surface area contributed by atoms with E-state index in [9.17, 15) is 23.6 Å². The van der Waals surface area contributed by atoms with E-state index in [1.54, 1.807) is 30.3 Å². The first-order valence-corrected chi connectivity index (χ1v) is 9.86. The van der Waals surface area contributed by atoms with Gasteiger partial charge in [0.05, 0.1) is 11.0 Å². The maximum atomic E-state index is 13.0. The highest BCUT2D eigenvalue weighted by molar-refractivity contribution is 9.10. The molecule has 1 aliphatic carbocycles. The molecule has 3 rings (SSSR count). The van der Waals surface area contributed by atoms with Crippen molar-refractivity contribution in [2.45, 2.75) is 16.1 Å². The standard InChI is InChI=1S/C17H11BrClNO4S/c18-11-3-1-10(2-4-11)14-15(17(14,9-20)16(21)22)25(23,24)13-7-5-12(19)6-8-13/h1-8,14-15H,(H,21,22)/t14-,15-,17+/m0/s1. The Labute approximate surface area is 157 Å². The van der Waals surface area contributed by atoms with E-state index in [2.05, 4.69) is 15.9 Å². The van der Waals surface area contributed by atoms with Crippen molar-refractivity contribution in [2.75, 3.05) is 0 Å². The van der Waals surface area contributed by atoms with Gasteiger partial charge >= 0.3 is 5.97 Å². The van der Waals surface area contributed by atoms with E-state index in [4.69, 9.17) is 11.6 Å². The first-order valence-electron chi connectivity index (χ1n) is 7.14. The summed E-state index contributed by atoms with van der Waals surface area (Å²) in [4.78, 5) is 11.7. The van der Waals surface area contributed by atoms with Gasteiger partial charge in [0.25, 0.3) is 0 Å². The molecule has 0 aliphatic heterocycles. The average molecular weight is 441 g/mol. The van der Waals surface area contributed by atoms with Crippen molar-refractivity contribution in [3.8, 4) is 6.07 Å². The molecule has 0 radical (unpaired) electrons. The van der Waals surface area contributed by atoms with Crippen molar-refractivity contribution in [3.05, 3.63) is 63.6 Å². The van der Waals surface area contributed by atoms with Crippen LogP contribution in [0.3, 0.4) is 0 Å². The van der Waals surface area contributed by atoms with Gasteiger partial charge in [0.2, 0.25) is 0 Å². The molecule has 2 aromatic rings. The van der Waals surface area contributed by atoms with Crippen LogP contribution in [0.5, 0.6) is 0 Å². The van der Waals surface area contributed by atoms with E-state index < -0.39 is 32.4 Å². The monoisotopic (exact) mass is 439 g/mol. The van der Waals surface area contributed by atoms with Gasteiger partial charge in [-0.15, -0.1) is 0 Å². The Kier molecular flexibility index (Phi) is 4.40. The van der Waals surface area contributed by atoms with E-state index in [0.29, 0.717) is 10.6 Å². The topological polar surface area (TPSA) is 95.2 Å². The summed E-state index contributed by atoms with van der Waals surface area (Å²) in [6, 6.07) is 13.8. The summed E-state index contributed by atoms with van der Waals surface area (Å²) < 4.78 is 26.7. The van der Waals surface area contributed by atoms with Crippen LogP contribution in [-0.2, 0) is 14.6 Å². The lowest BCUT2D eigenvalue weighted by Gasteiger charge is -2.05. The summed E-state index contributed by atoms with van der Waals surface area (Å²) in [5.41, 5.74) is -1.51. The summed E-state index contributed by atoms with van der Waals surface area (Å²) >= 11 is 9.06. The minimum absolute atomic E-state index is 0.0533. The molecule has 1 N–H and O–H groups in total. The zero-order chi connectivity index (χ0) is 18.4. The van der Waals surface area contributed by atoms with Gasteiger partial charge in [0.15, 0.2) is 15.3 Å². The molecule has 128 valence electrons. The number of aliphatic carboxylic acids is 1. The smallest absolute Gasteiger partial charge is 0.326 e. The van der Waals surface area contributed by atoms with E-state index in [-0.39, 0.29) is 4.90 Å². The number of benzene rings is 2. The molecule has 0 aromatic heterocycles. The van der Waals surface area contributed by atoms with Crippen molar-refractivity contribution in [2.24, 2.45) is 5.41 Å². The van der Waals surface area contributed by atoms with E-state index in [1.807, 2.05) is 0 Å². The van der Waals surface area contributed by atoms with Crippen LogP contribution in [0.2, 0.25) is 5.02 Å². The molecule has 0 bridgehead atoms. The first kappa shape index (κ1) is 17.9. The van der Waals surface area contributed by atoms with Crippen molar-refractivity contribution in [1.29, 1.82) is 5.26 Å². The zero-order valence-corrected chi connectivity index (χ0v) is 15.7. The van der Waals surface area contributed by atoms with Crippen LogP contribution < -0.4 is 0 Å². The maximum absolute atomic E-state index is 13.0. The van der Waals surface area contributed by atoms with Crippen LogP contribution in [-0.4, -0.2) is 24.7 Å². The molecule has 0 heterocycles. The van der Waals surface area contributed by atoms with Gasteiger partial charge in [-0.3, -0.25) is 4.79 Å². The fraction of sp³-hybridized carbons (Fsp3) is 0.176. The van der Waals surface area contributed by atoms with E-state index >= 15 is 0 Å². The molecule has 2 aromatic carbocycles. The van der Waals surface area contributed by atoms with E-state index in [1.165, 1.54) is 24.3 Å². The second-order valence-corrected chi connectivity index (χ2v) is 9.16. The molecule has 1 saturated carbocycles. The summed E-state index contributed by atoms with van der Waals surface area (Å²) in [7, 11) is -4.03. The van der Waals surface area contributed by atoms with Crippen LogP contribution in [0.4, 0.5) is 0 Å². The van der Waals surface area contributed by atoms with Crippen LogP contribution >= 0.6 is 27.5 Å². The summed E-state index contributed by atoms with van der Waals surface area (Å²) in [6.07, 6.45) is 0. The number of halogens is 2. The number of rotatable bonds is 4. The minimum Gasteiger partial charge on any atom is -0.480 e. The fourth-order valence-electron chi connectivity index (χ4n) is 3.09. The summed E-state index contributed by atoms with van der Waals surface area (Å²) in [6.45, 7) is 0. The number of nitrogens with zero attached hydrogens (tertiary/aromatic N) is 1. The van der Waals surface area contributed by atoms with Crippen LogP contribution in [0.1, 0.15) is 11.5 Å². The molecular formula is C17H11BrClNO4S. The number of hydrogen-bond donors (Lipinski definition) is 1. The number of hydrogen-bond acceptors (Lipinski definition) is 4. The highest BCUT2D eigenvalue weighted by Gasteiger charge is 2.77. The van der Waals surface area contributed by atoms with Gasteiger partial charge in [0.1, 0.15) is 5.25 Å². The largest absolute Gasteiger partial charge is 0.480 e. The van der Waals surface area contributed by atoms with Gasteiger partial charge in [-0.05, 0) is 42.0 Å². The van der Waals surface area contributed by atoms with Gasteiger partial charge in [0, 0.05) is 15.4 Å². The molecule has 3 atom stereocenters. The zero-order valence-electron chi connectivity index (χ0n) is 12.6. The Balaban J connectivity index is 2.12. The quantitative estimate of drug-likeness (QED) is 0.783. The lowest BCUT2D eigenvalue weighted by molar-refractivity contribution is -0.141. The van der Waals surface area contributed by atoms with Gasteiger partial charge in [-0.25, -0.2) is 8.42 Å². The minimum atomic E-state index is -4.03. The highest BCUT2D eigenvalue weighted by Crippen LogP contribution is 2.64. The normalized spacial score (nSPS) is 25.2. The van der Waals surface area contributed by atoms with Crippen molar-refractivity contribution in [1.82, 2.24) is 0 Å². The summed E-state index contributed by atoms with van der Waals surface area (Å²) in [5.74, 6) is -2.38. The Hall–Kier alpha value is -1.88. The van der Waals surface area contributed by atoms with Crippen molar-refractivity contribution < 1.29 is 18.3 Å². The lowest BCUT2D eigenvalue weighted by Crippen LogP contribution is -2.22. The number of carbonyl (C=O) groups is 1. The Bertz CT molecular complexity index is 983. The summed E-state index contributed by atoms with van der Waals surface area (Å²) in [5, 5.41) is 18.1. The lowest BCUT2D eigenvalue weighted by atomic mass is 10.0. The van der Waals surface area contributed by atoms with Crippen molar-refractivity contribution >= 4 is 43.3 Å². The molecule has 0 amide bonds. The third-order valence-corrected chi connectivity index (χ3v) is 7.40. The number of nitriles is 1. The predicted molar refractivity (Wildman–Crippen MR) is 95.0 cm³/mol. The van der Waals surface area contributed by atoms with Gasteiger partial charge in [-0.1, -0.05) is 39.7 Å². The molecule has 5 nitrogen and oxygen atoms in total. The molecular weight excluding hydrogens is 430 g/mol. The number of carboxylic acid groups (broad SMARTS) is 1. The fourth-order valence-corrected chi connectivity index (χ4v) is 5.73. The third kappa shape index (κ3) is 2.74. The number of carboxylic acids is 1. The molecule has 1 fully saturated rings.